The second kappa shape index (κ2) is 14.4. The molecule has 0 spiro atoms. The summed E-state index contributed by atoms with van der Waals surface area (Å²) < 4.78 is 0. The topological polar surface area (TPSA) is 6.48 Å². The molecule has 0 N–H and O–H groups in total. The highest BCUT2D eigenvalue weighted by atomic mass is 15.2. The lowest BCUT2D eigenvalue weighted by molar-refractivity contribution is 0.229. The molecule has 66 heavy (non-hydrogen) atoms. The van der Waals surface area contributed by atoms with Gasteiger partial charge in [0.25, 0.3) is 6.71 Å². The molecule has 0 aromatic heterocycles. The van der Waals surface area contributed by atoms with Gasteiger partial charge in [0, 0.05) is 34.1 Å². The first-order valence-corrected chi connectivity index (χ1v) is 25.8. The highest BCUT2D eigenvalue weighted by molar-refractivity contribution is 7.00. The molecule has 11 rings (SSSR count). The van der Waals surface area contributed by atoms with Gasteiger partial charge in [-0.2, -0.15) is 0 Å². The SMILES string of the molecule is CC(C)(C)c1cc(N2c3cc(C(C)(C)C)ccc3B3c4ccc(C(C)(C)C)cc4N(c4cc(C(C)(C)C)cc(C(C)(C)C)c4)c4cc(C56CC7CC(C5)C(C7)C6)cc2c43)cc(C(C)(C)C)c1. The average molecular weight is 877 g/mol. The molecule has 2 nitrogen and oxygen atoms in total. The monoisotopic (exact) mass is 877 g/mol. The predicted octanol–water partition coefficient (Wildman–Crippen LogP) is 15.6. The van der Waals surface area contributed by atoms with Gasteiger partial charge in [0.05, 0.1) is 0 Å². The van der Waals surface area contributed by atoms with Crippen LogP contribution in [-0.2, 0) is 37.9 Å². The predicted molar refractivity (Wildman–Crippen MR) is 288 cm³/mol. The molecule has 4 aliphatic carbocycles. The Bertz CT molecular complexity index is 2530. The van der Waals surface area contributed by atoms with Crippen molar-refractivity contribution in [3.63, 3.8) is 0 Å². The Balaban J connectivity index is 1.37. The maximum atomic E-state index is 2.76. The van der Waals surface area contributed by atoms with E-state index in [1.807, 2.05) is 0 Å². The third kappa shape index (κ3) is 7.42. The Hall–Kier alpha value is -4.24. The summed E-state index contributed by atoms with van der Waals surface area (Å²) in [6.07, 6.45) is 6.90. The van der Waals surface area contributed by atoms with Crippen molar-refractivity contribution in [2.24, 2.45) is 17.8 Å². The van der Waals surface area contributed by atoms with Crippen molar-refractivity contribution in [1.29, 1.82) is 0 Å². The van der Waals surface area contributed by atoms with Crippen molar-refractivity contribution in [2.75, 3.05) is 9.80 Å². The maximum Gasteiger partial charge on any atom is 0.252 e. The van der Waals surface area contributed by atoms with Crippen LogP contribution in [0.2, 0.25) is 0 Å². The quantitative estimate of drug-likeness (QED) is 0.163. The van der Waals surface area contributed by atoms with Gasteiger partial charge in [-0.05, 0) is 192 Å². The van der Waals surface area contributed by atoms with Crippen LogP contribution in [0.15, 0.2) is 84.9 Å². The Labute approximate surface area is 401 Å². The summed E-state index contributed by atoms with van der Waals surface area (Å²) in [6.45, 7) is 43.1. The van der Waals surface area contributed by atoms with Gasteiger partial charge in [-0.3, -0.25) is 0 Å². The van der Waals surface area contributed by atoms with E-state index >= 15 is 0 Å². The van der Waals surface area contributed by atoms with E-state index < -0.39 is 0 Å². The summed E-state index contributed by atoms with van der Waals surface area (Å²) >= 11 is 0. The lowest BCUT2D eigenvalue weighted by atomic mass is 9.33. The molecule has 5 aromatic rings. The fraction of sp³-hybridized carbons (Fsp3) is 0.524. The molecular weight excluding hydrogens is 796 g/mol. The standard InChI is InChI=1S/C63H81BN2/c1-57(2,3)41-19-21-50-52(31-41)65(48-27-43(59(7,8)9)25-44(28-48)60(10,11)12)54-33-47(63-35-38-23-39(36-63)40(24-38)37-63)34-55-56(54)64(50)51-22-20-42(58(4,5)6)32-53(51)66(55)49-29-45(61(13,14)15)26-46(30-49)62(16,17)18/h19-22,25-34,38-40H,23-24,35-37H2,1-18H3. The van der Waals surface area contributed by atoms with Crippen LogP contribution in [0, 0.1) is 17.8 Å². The van der Waals surface area contributed by atoms with Crippen molar-refractivity contribution < 1.29 is 0 Å². The molecule has 2 unspecified atom stereocenters. The van der Waals surface area contributed by atoms with Crippen LogP contribution in [-0.4, -0.2) is 6.71 Å². The fourth-order valence-corrected chi connectivity index (χ4v) is 13.2. The average Bonchev–Trinajstić information content (AvgIpc) is 3.63. The maximum absolute atomic E-state index is 2.76. The first-order chi connectivity index (χ1) is 30.4. The van der Waals surface area contributed by atoms with Crippen LogP contribution in [0.25, 0.3) is 0 Å². The van der Waals surface area contributed by atoms with E-state index in [1.165, 1.54) is 116 Å². The van der Waals surface area contributed by atoms with Crippen molar-refractivity contribution >= 4 is 57.2 Å². The third-order valence-corrected chi connectivity index (χ3v) is 17.2. The highest BCUT2D eigenvalue weighted by Gasteiger charge is 2.57. The molecule has 346 valence electrons. The number of hydrogen-bond acceptors (Lipinski definition) is 2. The molecule has 0 saturated heterocycles. The third-order valence-electron chi connectivity index (χ3n) is 17.2. The minimum atomic E-state index is -0.0179. The van der Waals surface area contributed by atoms with Crippen LogP contribution >= 0.6 is 0 Å². The van der Waals surface area contributed by atoms with Gasteiger partial charge in [0.15, 0.2) is 0 Å². The van der Waals surface area contributed by atoms with Gasteiger partial charge in [0.2, 0.25) is 0 Å². The lowest BCUT2D eigenvalue weighted by Gasteiger charge is -2.47. The zero-order valence-electron chi connectivity index (χ0n) is 44.3. The van der Waals surface area contributed by atoms with Crippen molar-refractivity contribution in [3.8, 4) is 0 Å². The summed E-state index contributed by atoms with van der Waals surface area (Å²) in [7, 11) is 0. The van der Waals surface area contributed by atoms with E-state index in [-0.39, 0.29) is 44.6 Å². The van der Waals surface area contributed by atoms with Gasteiger partial charge in [0.1, 0.15) is 0 Å². The van der Waals surface area contributed by atoms with Crippen LogP contribution < -0.4 is 26.2 Å². The number of hydrogen-bond donors (Lipinski definition) is 0. The van der Waals surface area contributed by atoms with Gasteiger partial charge in [-0.15, -0.1) is 0 Å². The zero-order chi connectivity index (χ0) is 47.6. The van der Waals surface area contributed by atoms with E-state index in [2.05, 4.69) is 219 Å². The van der Waals surface area contributed by atoms with Gasteiger partial charge in [-0.25, -0.2) is 0 Å². The number of nitrogens with zero attached hydrogens (tertiary/aromatic N) is 2. The number of rotatable bonds is 3. The fourth-order valence-electron chi connectivity index (χ4n) is 13.2. The molecule has 6 aliphatic rings. The first kappa shape index (κ1) is 45.5. The first-order valence-electron chi connectivity index (χ1n) is 25.8. The van der Waals surface area contributed by atoms with E-state index in [0.717, 1.165) is 17.8 Å². The highest BCUT2D eigenvalue weighted by Crippen LogP contribution is 2.65. The summed E-state index contributed by atoms with van der Waals surface area (Å²) in [4.78, 5) is 5.53. The van der Waals surface area contributed by atoms with Crippen LogP contribution in [0.3, 0.4) is 0 Å². The second-order valence-corrected chi connectivity index (χ2v) is 28.4. The second-order valence-electron chi connectivity index (χ2n) is 28.4. The number of anilines is 6. The van der Waals surface area contributed by atoms with E-state index in [4.69, 9.17) is 0 Å². The summed E-state index contributed by atoms with van der Waals surface area (Å²) in [6, 6.07) is 35.8. The van der Waals surface area contributed by atoms with Gasteiger partial charge in [-0.1, -0.05) is 161 Å². The zero-order valence-corrected chi connectivity index (χ0v) is 44.3. The summed E-state index contributed by atoms with van der Waals surface area (Å²) in [5.41, 5.74) is 22.3. The van der Waals surface area contributed by atoms with Crippen LogP contribution in [0.5, 0.6) is 0 Å². The molecule has 5 aromatic carbocycles. The molecule has 2 aliphatic heterocycles. The van der Waals surface area contributed by atoms with Crippen LogP contribution in [0.4, 0.5) is 34.1 Å². The van der Waals surface area contributed by atoms with Crippen LogP contribution in [0.1, 0.15) is 196 Å². The Morgan fingerprint density at radius 3 is 1.06 bits per heavy atom. The lowest BCUT2D eigenvalue weighted by Crippen LogP contribution is -2.61. The minimum Gasteiger partial charge on any atom is -0.311 e. The molecule has 4 saturated carbocycles. The number of fused-ring (bicyclic) bond motifs is 4. The molecule has 0 amide bonds. The van der Waals surface area contributed by atoms with E-state index in [1.54, 1.807) is 5.56 Å². The Morgan fingerprint density at radius 2 is 0.742 bits per heavy atom. The Kier molecular flexibility index (Phi) is 9.94. The Morgan fingerprint density at radius 1 is 0.394 bits per heavy atom. The molecule has 3 heteroatoms. The van der Waals surface area contributed by atoms with Crippen molar-refractivity contribution in [1.82, 2.24) is 0 Å². The molecule has 2 heterocycles. The molecule has 4 fully saturated rings. The molecule has 0 radical (unpaired) electrons. The largest absolute Gasteiger partial charge is 0.311 e. The molecule has 2 atom stereocenters. The van der Waals surface area contributed by atoms with Gasteiger partial charge < -0.3 is 9.80 Å². The number of benzene rings is 5. The minimum absolute atomic E-state index is 0.00945. The molecular formula is C63H81BN2. The molecule has 4 bridgehead atoms. The van der Waals surface area contributed by atoms with Gasteiger partial charge >= 0.3 is 0 Å². The summed E-state index contributed by atoms with van der Waals surface area (Å²) in [5.74, 6) is 2.60. The van der Waals surface area contributed by atoms with Crippen molar-refractivity contribution in [2.45, 2.75) is 195 Å². The van der Waals surface area contributed by atoms with E-state index in [9.17, 15) is 0 Å². The van der Waals surface area contributed by atoms with E-state index in [0.29, 0.717) is 0 Å². The summed E-state index contributed by atoms with van der Waals surface area (Å²) in [5, 5.41) is 0. The smallest absolute Gasteiger partial charge is 0.252 e. The normalized spacial score (nSPS) is 22.5. The van der Waals surface area contributed by atoms with Crippen molar-refractivity contribution in [3.05, 3.63) is 124 Å².